The zero-order chi connectivity index (χ0) is 31.4. The number of fused-ring (bicyclic) bond motifs is 2. The molecule has 2 N–H and O–H groups in total. The highest BCUT2D eigenvalue weighted by Gasteiger charge is 2.70. The van der Waals surface area contributed by atoms with Gasteiger partial charge in [-0.2, -0.15) is 18.4 Å². The highest BCUT2D eigenvalue weighted by atomic mass is 19.4. The van der Waals surface area contributed by atoms with Crippen LogP contribution in [0.15, 0.2) is 24.3 Å². The van der Waals surface area contributed by atoms with Crippen molar-refractivity contribution in [2.75, 3.05) is 18.4 Å². The minimum Gasteiger partial charge on any atom is -0.336 e. The van der Waals surface area contributed by atoms with Crippen molar-refractivity contribution >= 4 is 29.3 Å². The van der Waals surface area contributed by atoms with Crippen molar-refractivity contribution in [3.05, 3.63) is 29.8 Å². The number of hydrogen-bond donors (Lipinski definition) is 2. The van der Waals surface area contributed by atoms with E-state index in [2.05, 4.69) is 11.4 Å². The maximum Gasteiger partial charge on any atom is 0.471 e. The van der Waals surface area contributed by atoms with Gasteiger partial charge in [0, 0.05) is 18.8 Å². The molecule has 0 spiro atoms. The molecule has 6 atom stereocenters. The highest BCUT2D eigenvalue weighted by Crippen LogP contribution is 2.65. The number of nitrogens with one attached hydrogen (secondary N) is 2. The lowest BCUT2D eigenvalue weighted by Gasteiger charge is -2.40. The van der Waals surface area contributed by atoms with Crippen LogP contribution < -0.4 is 10.6 Å². The van der Waals surface area contributed by atoms with Gasteiger partial charge in [0.2, 0.25) is 17.7 Å². The molecule has 4 rings (SSSR count). The van der Waals surface area contributed by atoms with Crippen molar-refractivity contribution in [1.82, 2.24) is 15.1 Å². The van der Waals surface area contributed by atoms with E-state index in [1.165, 1.54) is 9.80 Å². The summed E-state index contributed by atoms with van der Waals surface area (Å²) >= 11 is 0. The summed E-state index contributed by atoms with van der Waals surface area (Å²) in [6, 6.07) is 5.81. The second kappa shape index (κ2) is 10.9. The Kier molecular flexibility index (Phi) is 8.13. The summed E-state index contributed by atoms with van der Waals surface area (Å²) in [7, 11) is 0. The molecule has 1 aromatic carbocycles. The first-order chi connectivity index (χ1) is 19.4. The van der Waals surface area contributed by atoms with Gasteiger partial charge >= 0.3 is 12.1 Å². The van der Waals surface area contributed by atoms with Crippen LogP contribution in [-0.4, -0.2) is 70.8 Å². The van der Waals surface area contributed by atoms with Crippen LogP contribution in [-0.2, 0) is 19.2 Å². The van der Waals surface area contributed by atoms with E-state index in [1.54, 1.807) is 45.0 Å². The number of hydrogen-bond acceptors (Lipinski definition) is 5. The first-order valence-electron chi connectivity index (χ1n) is 14.2. The van der Waals surface area contributed by atoms with E-state index in [4.69, 9.17) is 0 Å². The van der Waals surface area contributed by atoms with Crippen LogP contribution in [0.2, 0.25) is 0 Å². The van der Waals surface area contributed by atoms with Crippen molar-refractivity contribution in [3.63, 3.8) is 0 Å². The molecule has 1 saturated heterocycles. The fraction of sp³-hybridized carbons (Fsp3) is 0.633. The SMILES string of the molecule is CCCN(C(=O)[C@@H]1[C@@H]2[C@H](CN1C(=O)[C@@H](NC(=O)C(F)(F)F)C(C)(C)C)C2(C)C)[C@H](C#N)CC1C(=O)Nc2ccccc21. The molecule has 3 aliphatic rings. The lowest BCUT2D eigenvalue weighted by Crippen LogP contribution is -2.61. The monoisotopic (exact) mass is 589 g/mol. The average molecular weight is 590 g/mol. The van der Waals surface area contributed by atoms with Crippen LogP contribution in [0.5, 0.6) is 0 Å². The molecule has 12 heteroatoms. The lowest BCUT2D eigenvalue weighted by atomic mass is 9.85. The van der Waals surface area contributed by atoms with E-state index >= 15 is 0 Å². The minimum absolute atomic E-state index is 0.0511. The Labute approximate surface area is 243 Å². The number of nitrogens with zero attached hydrogens (tertiary/aromatic N) is 3. The summed E-state index contributed by atoms with van der Waals surface area (Å²) < 4.78 is 39.5. The van der Waals surface area contributed by atoms with Crippen molar-refractivity contribution < 1.29 is 32.3 Å². The van der Waals surface area contributed by atoms with Crippen LogP contribution in [0.4, 0.5) is 18.9 Å². The number of para-hydroxylation sites is 1. The van der Waals surface area contributed by atoms with E-state index in [1.807, 2.05) is 26.1 Å². The van der Waals surface area contributed by atoms with Crippen molar-refractivity contribution in [2.45, 2.75) is 84.6 Å². The smallest absolute Gasteiger partial charge is 0.336 e. The summed E-state index contributed by atoms with van der Waals surface area (Å²) in [5.41, 5.74) is 0.00598. The van der Waals surface area contributed by atoms with Gasteiger partial charge in [-0.1, -0.05) is 59.7 Å². The molecule has 1 aliphatic carbocycles. The molecule has 42 heavy (non-hydrogen) atoms. The van der Waals surface area contributed by atoms with E-state index in [-0.39, 0.29) is 42.7 Å². The molecule has 1 saturated carbocycles. The standard InChI is InChI=1S/C30H38F3N5O4/c1-7-12-37(16(14-34)13-18-17-10-8-9-11-20(17)35-24(18)39)25(40)22-21-19(29(21,5)6)15-38(22)26(41)23(28(2,3)4)36-27(42)30(31,32)33/h8-11,16,18-19,21-23H,7,12-13,15H2,1-6H3,(H,35,39)(H,36,42)/t16-,18?,19-,21-,22-,23+/m0/s1. The predicted octanol–water partition coefficient (Wildman–Crippen LogP) is 3.82. The Hall–Kier alpha value is -3.62. The molecule has 0 bridgehead atoms. The summed E-state index contributed by atoms with van der Waals surface area (Å²) in [4.78, 5) is 55.6. The average Bonchev–Trinajstić information content (AvgIpc) is 3.20. The normalized spacial score (nSPS) is 25.4. The van der Waals surface area contributed by atoms with Crippen LogP contribution >= 0.6 is 0 Å². The second-order valence-electron chi connectivity index (χ2n) is 13.2. The van der Waals surface area contributed by atoms with E-state index in [9.17, 15) is 37.6 Å². The molecular weight excluding hydrogens is 551 g/mol. The third kappa shape index (κ3) is 5.57. The van der Waals surface area contributed by atoms with Gasteiger partial charge in [0.25, 0.3) is 0 Å². The Balaban J connectivity index is 1.65. The molecule has 228 valence electrons. The number of carbonyl (C=O) groups excluding carboxylic acids is 4. The zero-order valence-electron chi connectivity index (χ0n) is 24.7. The second-order valence-corrected chi connectivity index (χ2v) is 13.2. The first-order valence-corrected chi connectivity index (χ1v) is 14.2. The summed E-state index contributed by atoms with van der Waals surface area (Å²) in [5, 5.41) is 14.9. The first kappa shape index (κ1) is 31.3. The van der Waals surface area contributed by atoms with Gasteiger partial charge in [0.15, 0.2) is 0 Å². The van der Waals surface area contributed by atoms with Crippen LogP contribution in [0, 0.1) is 34.0 Å². The number of anilines is 1. The number of halogens is 3. The van der Waals surface area contributed by atoms with Gasteiger partial charge in [0.1, 0.15) is 18.1 Å². The van der Waals surface area contributed by atoms with Gasteiger partial charge in [0.05, 0.1) is 12.0 Å². The Bertz CT molecular complexity index is 1310. The molecule has 2 aliphatic heterocycles. The van der Waals surface area contributed by atoms with Crippen LogP contribution in [0.25, 0.3) is 0 Å². The zero-order valence-corrected chi connectivity index (χ0v) is 24.7. The molecular formula is C30H38F3N5O4. The topological polar surface area (TPSA) is 123 Å². The number of benzene rings is 1. The molecule has 2 heterocycles. The van der Waals surface area contributed by atoms with Crippen LogP contribution in [0.1, 0.15) is 65.9 Å². The number of rotatable bonds is 8. The van der Waals surface area contributed by atoms with Crippen molar-refractivity contribution in [1.29, 1.82) is 5.26 Å². The third-order valence-electron chi connectivity index (χ3n) is 9.03. The minimum atomic E-state index is -5.18. The number of carbonyl (C=O) groups is 4. The fourth-order valence-corrected chi connectivity index (χ4v) is 6.64. The Morgan fingerprint density at radius 1 is 1.21 bits per heavy atom. The quantitative estimate of drug-likeness (QED) is 0.478. The number of amides is 4. The summed E-state index contributed by atoms with van der Waals surface area (Å²) in [6.07, 6.45) is -4.63. The van der Waals surface area contributed by atoms with E-state index < -0.39 is 53.4 Å². The van der Waals surface area contributed by atoms with Crippen LogP contribution in [0.3, 0.4) is 0 Å². The van der Waals surface area contributed by atoms with E-state index in [0.29, 0.717) is 12.1 Å². The van der Waals surface area contributed by atoms with Gasteiger partial charge in [-0.05, 0) is 47.1 Å². The molecule has 0 radical (unpaired) electrons. The highest BCUT2D eigenvalue weighted by molar-refractivity contribution is 6.03. The number of alkyl halides is 3. The molecule has 4 amide bonds. The molecule has 1 aromatic rings. The Morgan fingerprint density at radius 2 is 1.86 bits per heavy atom. The maximum absolute atomic E-state index is 14.3. The fourth-order valence-electron chi connectivity index (χ4n) is 6.64. The maximum atomic E-state index is 14.3. The largest absolute Gasteiger partial charge is 0.471 e. The number of piperidine rings is 1. The Morgan fingerprint density at radius 3 is 2.43 bits per heavy atom. The van der Waals surface area contributed by atoms with Gasteiger partial charge < -0.3 is 20.4 Å². The summed E-state index contributed by atoms with van der Waals surface area (Å²) in [5.74, 6) is -4.71. The van der Waals surface area contributed by atoms with Gasteiger partial charge in [-0.25, -0.2) is 0 Å². The van der Waals surface area contributed by atoms with Gasteiger partial charge in [-0.15, -0.1) is 0 Å². The van der Waals surface area contributed by atoms with E-state index in [0.717, 1.165) is 5.56 Å². The molecule has 1 unspecified atom stereocenters. The third-order valence-corrected chi connectivity index (χ3v) is 9.03. The molecule has 0 aromatic heterocycles. The van der Waals surface area contributed by atoms with Gasteiger partial charge in [-0.3, -0.25) is 19.2 Å². The predicted molar refractivity (Wildman–Crippen MR) is 148 cm³/mol. The van der Waals surface area contributed by atoms with Crippen molar-refractivity contribution in [3.8, 4) is 6.07 Å². The molecule has 2 fully saturated rings. The number of likely N-dealkylation sites (tertiary alicyclic amines) is 1. The van der Waals surface area contributed by atoms with Crippen molar-refractivity contribution in [2.24, 2.45) is 22.7 Å². The molecule has 9 nitrogen and oxygen atoms in total. The summed E-state index contributed by atoms with van der Waals surface area (Å²) in [6.45, 7) is 10.8. The lowest BCUT2D eigenvalue weighted by molar-refractivity contribution is -0.176. The number of nitriles is 1.